The molecular weight excluding hydrogens is 490 g/mol. The molecule has 0 aliphatic rings. The molecule has 3 aromatic rings. The fourth-order valence-corrected chi connectivity index (χ4v) is 3.56. The monoisotopic (exact) mass is 511 g/mol. The molecule has 3 rings (SSSR count). The number of carbonyl (C=O) groups excluding carboxylic acids is 2. The van der Waals surface area contributed by atoms with Gasteiger partial charge in [0.05, 0.1) is 12.7 Å². The minimum absolute atomic E-state index is 0.0800. The van der Waals surface area contributed by atoms with E-state index in [0.29, 0.717) is 35.5 Å². The largest absolute Gasteiger partial charge is 0.496 e. The summed E-state index contributed by atoms with van der Waals surface area (Å²) in [5.74, 6) is -0.0386. The van der Waals surface area contributed by atoms with Crippen molar-refractivity contribution in [3.05, 3.63) is 88.4 Å². The third-order valence-electron chi connectivity index (χ3n) is 4.52. The Bertz CT molecular complexity index is 1120. The van der Waals surface area contributed by atoms with E-state index in [-0.39, 0.29) is 11.0 Å². The van der Waals surface area contributed by atoms with Crippen LogP contribution in [0.4, 0.5) is 11.4 Å². The summed E-state index contributed by atoms with van der Waals surface area (Å²) in [6, 6.07) is 22.1. The van der Waals surface area contributed by atoms with E-state index < -0.39 is 5.91 Å². The average Bonchev–Trinajstić information content (AvgIpc) is 2.78. The lowest BCUT2D eigenvalue weighted by Gasteiger charge is -2.13. The number of nitrogens with one attached hydrogen (secondary N) is 3. The number of rotatable bonds is 7. The summed E-state index contributed by atoms with van der Waals surface area (Å²) in [4.78, 5) is 24.9. The molecule has 32 heavy (non-hydrogen) atoms. The van der Waals surface area contributed by atoms with Crippen LogP contribution >= 0.6 is 28.1 Å². The molecule has 2 amide bonds. The molecule has 0 aliphatic heterocycles. The Morgan fingerprint density at radius 2 is 1.66 bits per heavy atom. The van der Waals surface area contributed by atoms with Crippen LogP contribution in [0.2, 0.25) is 0 Å². The van der Waals surface area contributed by atoms with Crippen LogP contribution in [0.15, 0.2) is 77.3 Å². The summed E-state index contributed by atoms with van der Waals surface area (Å²) in [6.45, 7) is 0. The zero-order chi connectivity index (χ0) is 22.9. The summed E-state index contributed by atoms with van der Waals surface area (Å²) < 4.78 is 5.98. The standard InChI is InChI=1S/C24H22BrN3O3S/c1-31-21-12-11-17(25)14-20(21)23(30)28-24(32)27-19-9-5-8-18(15-19)26-22(29)13-10-16-6-3-2-4-7-16/h2-9,11-12,14-15H,10,13H2,1H3,(H,26,29)(H2,27,28,30,32). The van der Waals surface area contributed by atoms with Crippen LogP contribution in [-0.4, -0.2) is 24.0 Å². The lowest BCUT2D eigenvalue weighted by molar-refractivity contribution is -0.116. The Morgan fingerprint density at radius 1 is 0.938 bits per heavy atom. The van der Waals surface area contributed by atoms with Gasteiger partial charge in [-0.2, -0.15) is 0 Å². The minimum Gasteiger partial charge on any atom is -0.496 e. The summed E-state index contributed by atoms with van der Waals surface area (Å²) in [5, 5.41) is 8.61. The van der Waals surface area contributed by atoms with Crippen molar-refractivity contribution in [2.45, 2.75) is 12.8 Å². The topological polar surface area (TPSA) is 79.5 Å². The highest BCUT2D eigenvalue weighted by Gasteiger charge is 2.14. The fourth-order valence-electron chi connectivity index (χ4n) is 2.99. The predicted molar refractivity (Wildman–Crippen MR) is 134 cm³/mol. The van der Waals surface area contributed by atoms with E-state index in [9.17, 15) is 9.59 Å². The molecule has 0 saturated heterocycles. The van der Waals surface area contributed by atoms with E-state index in [2.05, 4.69) is 31.9 Å². The molecule has 0 spiro atoms. The van der Waals surface area contributed by atoms with Crippen LogP contribution < -0.4 is 20.7 Å². The van der Waals surface area contributed by atoms with Gasteiger partial charge in [-0.3, -0.25) is 14.9 Å². The van der Waals surface area contributed by atoms with Crippen molar-refractivity contribution in [3.63, 3.8) is 0 Å². The highest BCUT2D eigenvalue weighted by Crippen LogP contribution is 2.23. The van der Waals surface area contributed by atoms with Crippen LogP contribution in [0.5, 0.6) is 5.75 Å². The Balaban J connectivity index is 1.56. The first kappa shape index (κ1) is 23.4. The van der Waals surface area contributed by atoms with E-state index in [1.54, 1.807) is 42.5 Å². The molecule has 0 radical (unpaired) electrons. The van der Waals surface area contributed by atoms with Gasteiger partial charge in [0.25, 0.3) is 5.91 Å². The van der Waals surface area contributed by atoms with Gasteiger partial charge < -0.3 is 15.4 Å². The van der Waals surface area contributed by atoms with Crippen LogP contribution in [-0.2, 0) is 11.2 Å². The normalized spacial score (nSPS) is 10.2. The fraction of sp³-hybridized carbons (Fsp3) is 0.125. The lowest BCUT2D eigenvalue weighted by atomic mass is 10.1. The van der Waals surface area contributed by atoms with E-state index in [1.165, 1.54) is 7.11 Å². The maximum absolute atomic E-state index is 12.6. The van der Waals surface area contributed by atoms with Gasteiger partial charge in [0, 0.05) is 22.3 Å². The van der Waals surface area contributed by atoms with Crippen molar-refractivity contribution in [2.24, 2.45) is 0 Å². The van der Waals surface area contributed by atoms with Gasteiger partial charge in [-0.1, -0.05) is 52.3 Å². The van der Waals surface area contributed by atoms with E-state index in [1.807, 2.05) is 30.3 Å². The Hall–Kier alpha value is -3.23. The average molecular weight is 512 g/mol. The molecule has 0 fully saturated rings. The molecular formula is C24H22BrN3O3S. The summed E-state index contributed by atoms with van der Waals surface area (Å²) >= 11 is 8.62. The number of halogens is 1. The smallest absolute Gasteiger partial charge is 0.261 e. The first-order valence-corrected chi connectivity index (χ1v) is 11.0. The number of benzene rings is 3. The van der Waals surface area contributed by atoms with Gasteiger partial charge in [0.15, 0.2) is 5.11 Å². The second-order valence-electron chi connectivity index (χ2n) is 6.87. The Labute approximate surface area is 200 Å². The predicted octanol–water partition coefficient (Wildman–Crippen LogP) is 5.16. The third-order valence-corrected chi connectivity index (χ3v) is 5.22. The van der Waals surface area contributed by atoms with Crippen molar-refractivity contribution in [1.82, 2.24) is 5.32 Å². The summed E-state index contributed by atoms with van der Waals surface area (Å²) in [5.41, 5.74) is 2.74. The Kier molecular flexibility index (Phi) is 8.35. The van der Waals surface area contributed by atoms with Gasteiger partial charge in [0.2, 0.25) is 5.91 Å². The first-order valence-electron chi connectivity index (χ1n) is 9.84. The highest BCUT2D eigenvalue weighted by atomic mass is 79.9. The van der Waals surface area contributed by atoms with Crippen LogP contribution in [0.1, 0.15) is 22.3 Å². The molecule has 0 saturated carbocycles. The van der Waals surface area contributed by atoms with Crippen LogP contribution in [0.25, 0.3) is 0 Å². The van der Waals surface area contributed by atoms with E-state index >= 15 is 0 Å². The number of ether oxygens (including phenoxy) is 1. The van der Waals surface area contributed by atoms with E-state index in [0.717, 1.165) is 10.0 Å². The maximum Gasteiger partial charge on any atom is 0.261 e. The van der Waals surface area contributed by atoms with Crippen LogP contribution in [0, 0.1) is 0 Å². The Morgan fingerprint density at radius 3 is 2.38 bits per heavy atom. The maximum atomic E-state index is 12.6. The first-order chi connectivity index (χ1) is 15.4. The van der Waals surface area contributed by atoms with Gasteiger partial charge in [0.1, 0.15) is 5.75 Å². The molecule has 0 heterocycles. The number of carbonyl (C=O) groups is 2. The molecule has 0 aromatic heterocycles. The minimum atomic E-state index is -0.397. The molecule has 3 aromatic carbocycles. The molecule has 0 aliphatic carbocycles. The molecule has 164 valence electrons. The molecule has 0 atom stereocenters. The van der Waals surface area contributed by atoms with Gasteiger partial charge in [-0.25, -0.2) is 0 Å². The SMILES string of the molecule is COc1ccc(Br)cc1C(=O)NC(=S)Nc1cccc(NC(=O)CCc2ccccc2)c1. The van der Waals surface area contributed by atoms with Crippen molar-refractivity contribution in [1.29, 1.82) is 0 Å². The molecule has 8 heteroatoms. The second-order valence-corrected chi connectivity index (χ2v) is 8.19. The number of thiocarbonyl (C=S) groups is 1. The quantitative estimate of drug-likeness (QED) is 0.382. The highest BCUT2D eigenvalue weighted by molar-refractivity contribution is 9.10. The molecule has 6 nitrogen and oxygen atoms in total. The van der Waals surface area contributed by atoms with Crippen molar-refractivity contribution >= 4 is 56.4 Å². The van der Waals surface area contributed by atoms with Gasteiger partial charge in [-0.05, 0) is 60.6 Å². The molecule has 0 bridgehead atoms. The number of amides is 2. The zero-order valence-corrected chi connectivity index (χ0v) is 19.8. The zero-order valence-electron chi connectivity index (χ0n) is 17.4. The van der Waals surface area contributed by atoms with Crippen molar-refractivity contribution in [2.75, 3.05) is 17.7 Å². The second kappa shape index (κ2) is 11.4. The number of aryl methyl sites for hydroxylation is 1. The number of anilines is 2. The van der Waals surface area contributed by atoms with E-state index in [4.69, 9.17) is 17.0 Å². The number of methoxy groups -OCH3 is 1. The molecule has 3 N–H and O–H groups in total. The van der Waals surface area contributed by atoms with Gasteiger partial charge >= 0.3 is 0 Å². The van der Waals surface area contributed by atoms with Gasteiger partial charge in [-0.15, -0.1) is 0 Å². The molecule has 0 unspecified atom stereocenters. The van der Waals surface area contributed by atoms with Crippen molar-refractivity contribution < 1.29 is 14.3 Å². The number of hydrogen-bond donors (Lipinski definition) is 3. The van der Waals surface area contributed by atoms with Crippen LogP contribution in [0.3, 0.4) is 0 Å². The third kappa shape index (κ3) is 6.90. The summed E-state index contributed by atoms with van der Waals surface area (Å²) in [6.07, 6.45) is 1.05. The number of hydrogen-bond acceptors (Lipinski definition) is 4. The lowest BCUT2D eigenvalue weighted by Crippen LogP contribution is -2.34. The van der Waals surface area contributed by atoms with Crippen molar-refractivity contribution in [3.8, 4) is 5.75 Å². The summed E-state index contributed by atoms with van der Waals surface area (Å²) in [7, 11) is 1.50.